The molecule has 0 atom stereocenters. The number of fused-ring (bicyclic) bond motifs is 4. The normalized spacial score (nSPS) is 12.8. The lowest BCUT2D eigenvalue weighted by Gasteiger charge is -2.28. The van der Waals surface area contributed by atoms with Gasteiger partial charge < -0.3 is 9.47 Å². The Labute approximate surface area is 343 Å². The number of aryl methyl sites for hydroxylation is 4. The van der Waals surface area contributed by atoms with Gasteiger partial charge in [-0.2, -0.15) is 0 Å². The predicted octanol–water partition coefficient (Wildman–Crippen LogP) is 8.72. The van der Waals surface area contributed by atoms with Crippen LogP contribution in [0.1, 0.15) is 63.8 Å². The van der Waals surface area contributed by atoms with Crippen molar-refractivity contribution in [3.63, 3.8) is 0 Å². The first-order valence-corrected chi connectivity index (χ1v) is 20.5. The van der Waals surface area contributed by atoms with Crippen molar-refractivity contribution in [3.8, 4) is 0 Å². The van der Waals surface area contributed by atoms with E-state index in [2.05, 4.69) is 60.3 Å². The van der Waals surface area contributed by atoms with E-state index in [-0.39, 0.29) is 11.8 Å². The number of ether oxygens (including phenoxy) is 2. The van der Waals surface area contributed by atoms with Crippen LogP contribution in [0.5, 0.6) is 0 Å². The minimum absolute atomic E-state index is 0.0255. The Hall–Kier alpha value is -5.72. The van der Waals surface area contributed by atoms with Gasteiger partial charge in [-0.05, 0) is 124 Å². The Morgan fingerprint density at radius 1 is 0.500 bits per heavy atom. The van der Waals surface area contributed by atoms with E-state index < -0.39 is 12.2 Å². The monoisotopic (exact) mass is 790 g/mol. The molecule has 2 N–H and O–H groups in total. The summed E-state index contributed by atoms with van der Waals surface area (Å²) in [5.41, 5.74) is 9.17. The fraction of sp³-hybridized carbons (Fsp3) is 0.391. The van der Waals surface area contributed by atoms with Gasteiger partial charge in [0.05, 0.1) is 49.1 Å². The van der Waals surface area contributed by atoms with Crippen LogP contribution in [0, 0.1) is 0 Å². The van der Waals surface area contributed by atoms with Crippen LogP contribution in [0.2, 0.25) is 0 Å². The zero-order valence-electron chi connectivity index (χ0n) is 34.8. The van der Waals surface area contributed by atoms with E-state index in [1.165, 1.54) is 0 Å². The van der Waals surface area contributed by atoms with Crippen molar-refractivity contribution in [2.75, 3.05) is 72.9 Å². The molecule has 0 radical (unpaired) electrons. The molecule has 2 heterocycles. The minimum Gasteiger partial charge on any atom is -0.450 e. The lowest BCUT2D eigenvalue weighted by molar-refractivity contribution is -0.119. The van der Waals surface area contributed by atoms with E-state index in [0.717, 1.165) is 96.9 Å². The third kappa shape index (κ3) is 10.8. The number of rotatable bonds is 12. The molecule has 0 bridgehead atoms. The molecular weight excluding hydrogens is 733 g/mol. The summed E-state index contributed by atoms with van der Waals surface area (Å²) in [6, 6.07) is 27.5. The third-order valence-electron chi connectivity index (χ3n) is 10.5. The van der Waals surface area contributed by atoms with Gasteiger partial charge in [0.15, 0.2) is 0 Å². The zero-order chi connectivity index (χ0) is 41.6. The number of nitrogens with one attached hydrogen (secondary N) is 2. The van der Waals surface area contributed by atoms with Gasteiger partial charge in [-0.1, -0.05) is 76.2 Å². The zero-order valence-corrected chi connectivity index (χ0v) is 34.8. The summed E-state index contributed by atoms with van der Waals surface area (Å²) in [6.07, 6.45) is 2.40. The highest BCUT2D eigenvalue weighted by Gasteiger charge is 2.29. The topological polar surface area (TPSA) is 124 Å². The molecule has 0 spiro atoms. The highest BCUT2D eigenvalue weighted by Crippen LogP contribution is 2.39. The Morgan fingerprint density at radius 3 is 1.19 bits per heavy atom. The number of carbonyl (C=O) groups is 4. The number of hydrogen-bond donors (Lipinski definition) is 2. The van der Waals surface area contributed by atoms with Gasteiger partial charge in [0.2, 0.25) is 11.8 Å². The van der Waals surface area contributed by atoms with Crippen LogP contribution in [0.15, 0.2) is 84.9 Å². The van der Waals surface area contributed by atoms with Crippen LogP contribution in [-0.2, 0) is 44.7 Å². The number of likely N-dealkylation sites (N-methyl/N-ethyl adjacent to an activating group) is 2. The van der Waals surface area contributed by atoms with Crippen LogP contribution in [0.25, 0.3) is 0 Å². The molecule has 12 nitrogen and oxygen atoms in total. The van der Waals surface area contributed by atoms with Gasteiger partial charge in [-0.3, -0.25) is 39.8 Å². The van der Waals surface area contributed by atoms with E-state index in [0.29, 0.717) is 37.7 Å². The van der Waals surface area contributed by atoms with E-state index in [9.17, 15) is 19.2 Å². The van der Waals surface area contributed by atoms with Gasteiger partial charge in [0.1, 0.15) is 0 Å². The van der Waals surface area contributed by atoms with Crippen molar-refractivity contribution in [2.24, 2.45) is 0 Å². The Bertz CT molecular complexity index is 1900. The van der Waals surface area contributed by atoms with Crippen molar-refractivity contribution < 1.29 is 28.7 Å². The SMILES string of the molecule is CCOC(=O)Nc1ccc2c(c1)N(C(=O)CN(CC)CC)c1ccccc1CC2.CCOC(=O)Nc1ccc2c(c1)N(C(=O)CN(CC)CC)c1ccccc1CC2. The maximum absolute atomic E-state index is 13.4. The summed E-state index contributed by atoms with van der Waals surface area (Å²) < 4.78 is 9.98. The molecule has 0 saturated heterocycles. The van der Waals surface area contributed by atoms with Crippen LogP contribution in [0.4, 0.5) is 43.7 Å². The van der Waals surface area contributed by atoms with Gasteiger partial charge >= 0.3 is 12.2 Å². The first kappa shape index (κ1) is 43.4. The third-order valence-corrected chi connectivity index (χ3v) is 10.5. The molecule has 0 saturated carbocycles. The minimum atomic E-state index is -0.498. The molecule has 58 heavy (non-hydrogen) atoms. The molecule has 2 aliphatic heterocycles. The summed E-state index contributed by atoms with van der Waals surface area (Å²) in [5, 5.41) is 5.50. The highest BCUT2D eigenvalue weighted by atomic mass is 16.6. The molecule has 0 unspecified atom stereocenters. The fourth-order valence-corrected chi connectivity index (χ4v) is 7.33. The second-order valence-electron chi connectivity index (χ2n) is 14.0. The molecule has 0 aromatic heterocycles. The number of anilines is 6. The molecule has 4 aromatic carbocycles. The molecule has 6 rings (SSSR count). The second kappa shape index (κ2) is 21.2. The number of benzene rings is 4. The van der Waals surface area contributed by atoms with Crippen molar-refractivity contribution in [1.82, 2.24) is 9.80 Å². The van der Waals surface area contributed by atoms with E-state index in [1.54, 1.807) is 13.8 Å². The Balaban J connectivity index is 0.000000221. The van der Waals surface area contributed by atoms with Crippen LogP contribution in [0.3, 0.4) is 0 Å². The average Bonchev–Trinajstić information content (AvgIpc) is 3.50. The van der Waals surface area contributed by atoms with Crippen molar-refractivity contribution >= 4 is 58.1 Å². The predicted molar refractivity (Wildman–Crippen MR) is 232 cm³/mol. The summed E-state index contributed by atoms with van der Waals surface area (Å²) in [7, 11) is 0. The van der Waals surface area contributed by atoms with Crippen LogP contribution in [-0.4, -0.2) is 86.3 Å². The van der Waals surface area contributed by atoms with Crippen LogP contribution < -0.4 is 20.4 Å². The van der Waals surface area contributed by atoms with Gasteiger partial charge in [-0.25, -0.2) is 9.59 Å². The van der Waals surface area contributed by atoms with Crippen molar-refractivity contribution in [3.05, 3.63) is 107 Å². The molecule has 0 fully saturated rings. The molecule has 12 heteroatoms. The van der Waals surface area contributed by atoms with Crippen molar-refractivity contribution in [2.45, 2.75) is 67.2 Å². The van der Waals surface area contributed by atoms with Gasteiger partial charge in [0, 0.05) is 11.4 Å². The van der Waals surface area contributed by atoms with Crippen LogP contribution >= 0.6 is 0 Å². The highest BCUT2D eigenvalue weighted by molar-refractivity contribution is 6.05. The second-order valence-corrected chi connectivity index (χ2v) is 14.0. The molecular formula is C46H58N6O6. The number of nitrogens with zero attached hydrogens (tertiary/aromatic N) is 4. The summed E-state index contributed by atoms with van der Waals surface area (Å²) >= 11 is 0. The molecule has 0 aliphatic carbocycles. The number of carbonyl (C=O) groups excluding carboxylic acids is 4. The standard InChI is InChI=1S/2C23H29N3O3/c2*1-4-25(5-2)16-22(27)26-20-10-8-7-9-17(20)11-12-18-13-14-19(15-21(18)26)24-23(28)29-6-3/h2*7-10,13-15H,4-6,11-12,16H2,1-3H3,(H,24,28). The summed E-state index contributed by atoms with van der Waals surface area (Å²) in [5.74, 6) is 0.0511. The molecule has 4 aromatic rings. The molecule has 4 amide bonds. The average molecular weight is 791 g/mol. The fourth-order valence-electron chi connectivity index (χ4n) is 7.33. The largest absolute Gasteiger partial charge is 0.450 e. The van der Waals surface area contributed by atoms with Gasteiger partial charge in [-0.15, -0.1) is 0 Å². The summed E-state index contributed by atoms with van der Waals surface area (Å²) in [4.78, 5) is 58.4. The molecule has 308 valence electrons. The van der Waals surface area contributed by atoms with Gasteiger partial charge in [0.25, 0.3) is 0 Å². The maximum atomic E-state index is 13.4. The quantitative estimate of drug-likeness (QED) is 0.146. The lowest BCUT2D eigenvalue weighted by Crippen LogP contribution is -2.38. The summed E-state index contributed by atoms with van der Waals surface area (Å²) in [6.45, 7) is 16.3. The first-order valence-electron chi connectivity index (χ1n) is 20.5. The maximum Gasteiger partial charge on any atom is 0.411 e. The van der Waals surface area contributed by atoms with E-state index in [1.807, 2.05) is 82.6 Å². The lowest BCUT2D eigenvalue weighted by atomic mass is 10.0. The first-order chi connectivity index (χ1) is 28.1. The van der Waals surface area contributed by atoms with Crippen molar-refractivity contribution in [1.29, 1.82) is 0 Å². The molecule has 2 aliphatic rings. The van der Waals surface area contributed by atoms with E-state index >= 15 is 0 Å². The number of para-hydroxylation sites is 2. The Morgan fingerprint density at radius 2 is 0.845 bits per heavy atom. The van der Waals surface area contributed by atoms with E-state index in [4.69, 9.17) is 9.47 Å². The number of hydrogen-bond acceptors (Lipinski definition) is 8. The number of amides is 4. The Kier molecular flexibility index (Phi) is 15.8. The smallest absolute Gasteiger partial charge is 0.411 e.